The third-order valence-corrected chi connectivity index (χ3v) is 4.59. The van der Waals surface area contributed by atoms with Gasteiger partial charge in [-0.15, -0.1) is 0 Å². The number of amides is 2. The zero-order valence-corrected chi connectivity index (χ0v) is 15.0. The number of nitrogens with zero attached hydrogens (tertiary/aromatic N) is 2. The fourth-order valence-electron chi connectivity index (χ4n) is 3.10. The van der Waals surface area contributed by atoms with E-state index in [2.05, 4.69) is 35.3 Å². The van der Waals surface area contributed by atoms with E-state index in [1.807, 2.05) is 6.07 Å². The number of rotatable bonds is 2. The maximum atomic E-state index is 12.4. The number of phenols is 1. The summed E-state index contributed by atoms with van der Waals surface area (Å²) in [5, 5.41) is 12.1. The quantitative estimate of drug-likeness (QED) is 0.642. The number of anilines is 2. The SMILES string of the molecule is Cc1cccc(N2CCN(C(=O)C(=O)Nc3ccc(O)cc3C)CC2)c1. The van der Waals surface area contributed by atoms with Crippen LogP contribution in [-0.2, 0) is 9.59 Å². The molecule has 0 saturated carbocycles. The molecule has 0 atom stereocenters. The highest BCUT2D eigenvalue weighted by atomic mass is 16.3. The molecule has 0 radical (unpaired) electrons. The molecule has 2 N–H and O–H groups in total. The smallest absolute Gasteiger partial charge is 0.313 e. The van der Waals surface area contributed by atoms with Crippen LogP contribution >= 0.6 is 0 Å². The second-order valence-corrected chi connectivity index (χ2v) is 6.57. The van der Waals surface area contributed by atoms with Gasteiger partial charge in [-0.05, 0) is 55.3 Å². The Kier molecular flexibility index (Phi) is 5.11. The van der Waals surface area contributed by atoms with Gasteiger partial charge in [-0.3, -0.25) is 9.59 Å². The Morgan fingerprint density at radius 1 is 1.00 bits per heavy atom. The highest BCUT2D eigenvalue weighted by molar-refractivity contribution is 6.39. The molecule has 1 aliphatic heterocycles. The van der Waals surface area contributed by atoms with Crippen LogP contribution in [0.15, 0.2) is 42.5 Å². The van der Waals surface area contributed by atoms with Gasteiger partial charge in [-0.2, -0.15) is 0 Å². The highest BCUT2D eigenvalue weighted by Gasteiger charge is 2.26. The van der Waals surface area contributed by atoms with E-state index < -0.39 is 11.8 Å². The monoisotopic (exact) mass is 353 g/mol. The summed E-state index contributed by atoms with van der Waals surface area (Å²) >= 11 is 0. The van der Waals surface area contributed by atoms with E-state index in [0.29, 0.717) is 37.4 Å². The Morgan fingerprint density at radius 3 is 2.38 bits per heavy atom. The van der Waals surface area contributed by atoms with Crippen molar-refractivity contribution in [2.24, 2.45) is 0 Å². The summed E-state index contributed by atoms with van der Waals surface area (Å²) in [6.07, 6.45) is 0. The molecule has 0 bridgehead atoms. The first-order chi connectivity index (χ1) is 12.4. The molecule has 1 aliphatic rings. The molecule has 1 saturated heterocycles. The van der Waals surface area contributed by atoms with Crippen LogP contribution in [-0.4, -0.2) is 48.0 Å². The van der Waals surface area contributed by atoms with Gasteiger partial charge >= 0.3 is 11.8 Å². The van der Waals surface area contributed by atoms with Gasteiger partial charge < -0.3 is 20.2 Å². The lowest BCUT2D eigenvalue weighted by atomic mass is 10.2. The zero-order chi connectivity index (χ0) is 18.7. The lowest BCUT2D eigenvalue weighted by molar-refractivity contribution is -0.143. The molecule has 3 rings (SSSR count). The van der Waals surface area contributed by atoms with Gasteiger partial charge in [-0.25, -0.2) is 0 Å². The fraction of sp³-hybridized carbons (Fsp3) is 0.300. The van der Waals surface area contributed by atoms with Crippen molar-refractivity contribution in [1.29, 1.82) is 0 Å². The standard InChI is InChI=1S/C20H23N3O3/c1-14-4-3-5-16(12-14)22-8-10-23(11-9-22)20(26)19(25)21-18-7-6-17(24)13-15(18)2/h3-7,12-13,24H,8-11H2,1-2H3,(H,21,25). The van der Waals surface area contributed by atoms with Crippen molar-refractivity contribution in [3.05, 3.63) is 53.6 Å². The number of aromatic hydroxyl groups is 1. The van der Waals surface area contributed by atoms with Crippen LogP contribution in [0.25, 0.3) is 0 Å². The van der Waals surface area contributed by atoms with Crippen LogP contribution in [0.3, 0.4) is 0 Å². The fourth-order valence-corrected chi connectivity index (χ4v) is 3.10. The van der Waals surface area contributed by atoms with Crippen molar-refractivity contribution in [2.75, 3.05) is 36.4 Å². The van der Waals surface area contributed by atoms with E-state index in [-0.39, 0.29) is 5.75 Å². The molecule has 2 amide bonds. The number of benzene rings is 2. The van der Waals surface area contributed by atoms with Gasteiger partial charge in [0.25, 0.3) is 0 Å². The number of hydrogen-bond donors (Lipinski definition) is 2. The molecular weight excluding hydrogens is 330 g/mol. The predicted molar refractivity (Wildman–Crippen MR) is 101 cm³/mol. The minimum Gasteiger partial charge on any atom is -0.508 e. The molecule has 1 heterocycles. The summed E-state index contributed by atoms with van der Waals surface area (Å²) in [5.74, 6) is -1.05. The molecule has 0 unspecified atom stereocenters. The van der Waals surface area contributed by atoms with E-state index >= 15 is 0 Å². The lowest BCUT2D eigenvalue weighted by Gasteiger charge is -2.35. The first-order valence-electron chi connectivity index (χ1n) is 8.65. The Labute approximate surface area is 153 Å². The van der Waals surface area contributed by atoms with E-state index in [1.165, 1.54) is 11.6 Å². The second kappa shape index (κ2) is 7.47. The molecule has 1 fully saturated rings. The van der Waals surface area contributed by atoms with Crippen LogP contribution in [0.4, 0.5) is 11.4 Å². The lowest BCUT2D eigenvalue weighted by Crippen LogP contribution is -2.51. The van der Waals surface area contributed by atoms with E-state index in [4.69, 9.17) is 0 Å². The average Bonchev–Trinajstić information content (AvgIpc) is 2.63. The van der Waals surface area contributed by atoms with Gasteiger partial charge in [0.15, 0.2) is 0 Å². The second-order valence-electron chi connectivity index (χ2n) is 6.57. The van der Waals surface area contributed by atoms with Gasteiger partial charge in [-0.1, -0.05) is 12.1 Å². The first-order valence-corrected chi connectivity index (χ1v) is 8.65. The molecular formula is C20H23N3O3. The van der Waals surface area contributed by atoms with Crippen molar-refractivity contribution in [3.8, 4) is 5.75 Å². The Balaban J connectivity index is 1.58. The maximum Gasteiger partial charge on any atom is 0.313 e. The van der Waals surface area contributed by atoms with Crippen molar-refractivity contribution in [3.63, 3.8) is 0 Å². The first kappa shape index (κ1) is 17.8. The molecule has 2 aromatic carbocycles. The van der Waals surface area contributed by atoms with Gasteiger partial charge in [0.05, 0.1) is 0 Å². The molecule has 0 aromatic heterocycles. The number of aryl methyl sites for hydroxylation is 2. The van der Waals surface area contributed by atoms with Crippen LogP contribution in [0.1, 0.15) is 11.1 Å². The normalized spacial score (nSPS) is 14.2. The highest BCUT2D eigenvalue weighted by Crippen LogP contribution is 2.21. The average molecular weight is 353 g/mol. The Morgan fingerprint density at radius 2 is 1.73 bits per heavy atom. The topological polar surface area (TPSA) is 72.9 Å². The number of carbonyl (C=O) groups excluding carboxylic acids is 2. The van der Waals surface area contributed by atoms with Crippen molar-refractivity contribution in [2.45, 2.75) is 13.8 Å². The van der Waals surface area contributed by atoms with Crippen molar-refractivity contribution >= 4 is 23.2 Å². The summed E-state index contributed by atoms with van der Waals surface area (Å²) in [4.78, 5) is 28.5. The molecule has 6 nitrogen and oxygen atoms in total. The van der Waals surface area contributed by atoms with Crippen LogP contribution < -0.4 is 10.2 Å². The van der Waals surface area contributed by atoms with Crippen LogP contribution in [0, 0.1) is 13.8 Å². The van der Waals surface area contributed by atoms with Gasteiger partial charge in [0, 0.05) is 37.6 Å². The Hall–Kier alpha value is -3.02. The van der Waals surface area contributed by atoms with Crippen LogP contribution in [0.2, 0.25) is 0 Å². The van der Waals surface area contributed by atoms with Crippen molar-refractivity contribution in [1.82, 2.24) is 4.90 Å². The third kappa shape index (κ3) is 3.96. The molecule has 0 aliphatic carbocycles. The van der Waals surface area contributed by atoms with E-state index in [9.17, 15) is 14.7 Å². The zero-order valence-electron chi connectivity index (χ0n) is 15.0. The number of nitrogens with one attached hydrogen (secondary N) is 1. The van der Waals surface area contributed by atoms with Crippen molar-refractivity contribution < 1.29 is 14.7 Å². The summed E-state index contributed by atoms with van der Waals surface area (Å²) in [7, 11) is 0. The molecule has 26 heavy (non-hydrogen) atoms. The predicted octanol–water partition coefficient (Wildman–Crippen LogP) is 2.30. The summed E-state index contributed by atoms with van der Waals surface area (Å²) in [6, 6.07) is 12.9. The number of piperazine rings is 1. The number of phenolic OH excluding ortho intramolecular Hbond substituents is 1. The summed E-state index contributed by atoms with van der Waals surface area (Å²) < 4.78 is 0. The van der Waals surface area contributed by atoms with Gasteiger partial charge in [0.1, 0.15) is 5.75 Å². The molecule has 2 aromatic rings. The largest absolute Gasteiger partial charge is 0.508 e. The third-order valence-electron chi connectivity index (χ3n) is 4.59. The number of carbonyl (C=O) groups is 2. The maximum absolute atomic E-state index is 12.4. The van der Waals surface area contributed by atoms with E-state index in [1.54, 1.807) is 24.0 Å². The van der Waals surface area contributed by atoms with Gasteiger partial charge in [0.2, 0.25) is 0 Å². The van der Waals surface area contributed by atoms with Crippen LogP contribution in [0.5, 0.6) is 5.75 Å². The molecule has 6 heteroatoms. The number of hydrogen-bond acceptors (Lipinski definition) is 4. The molecule has 136 valence electrons. The minimum absolute atomic E-state index is 0.124. The van der Waals surface area contributed by atoms with E-state index in [0.717, 1.165) is 5.69 Å². The Bertz CT molecular complexity index is 827. The minimum atomic E-state index is -0.650. The summed E-state index contributed by atoms with van der Waals surface area (Å²) in [5.41, 5.74) is 3.57. The summed E-state index contributed by atoms with van der Waals surface area (Å²) in [6.45, 7) is 6.23. The molecule has 0 spiro atoms.